The van der Waals surface area contributed by atoms with E-state index in [1.165, 1.54) is 39.3 Å². The molecule has 5 rings (SSSR count). The number of nitrogens with zero attached hydrogens (tertiary/aromatic N) is 2. The average molecular weight is 852 g/mol. The molecule has 1 aliphatic rings. The van der Waals surface area contributed by atoms with Gasteiger partial charge in [0.05, 0.1) is 5.69 Å². The third-order valence-corrected chi connectivity index (χ3v) is 11.1. The Kier molecular flexibility index (Phi) is 14.0. The van der Waals surface area contributed by atoms with Crippen LogP contribution < -0.4 is 0 Å². The number of aromatic nitrogens is 2. The zero-order valence-electron chi connectivity index (χ0n) is 32.4. The van der Waals surface area contributed by atoms with E-state index in [1.807, 2.05) is 41.5 Å². The van der Waals surface area contributed by atoms with Gasteiger partial charge in [0.2, 0.25) is 0 Å². The first-order chi connectivity index (χ1) is 23.1. The van der Waals surface area contributed by atoms with Gasteiger partial charge in [-0.15, -0.1) is 29.1 Å². The van der Waals surface area contributed by atoms with Crippen molar-refractivity contribution in [2.45, 2.75) is 127 Å². The minimum Gasteiger partial charge on any atom is -0.512 e. The van der Waals surface area contributed by atoms with Gasteiger partial charge in [0.25, 0.3) is 0 Å². The number of hydrogen-bond acceptors (Lipinski definition) is 4. The maximum absolute atomic E-state index is 12.2. The number of allylic oxidation sites excluding steroid dienone is 2. The minimum absolute atomic E-state index is 0. The van der Waals surface area contributed by atoms with Gasteiger partial charge in [-0.3, -0.25) is 9.78 Å². The topological polar surface area (TPSA) is 63.1 Å². The molecule has 0 fully saturated rings. The molecule has 0 saturated carbocycles. The predicted molar refractivity (Wildman–Crippen MR) is 207 cm³/mol. The van der Waals surface area contributed by atoms with Crippen molar-refractivity contribution in [2.24, 2.45) is 16.7 Å². The number of hydrogen-bond donors (Lipinski definition) is 1. The molecule has 0 aliphatic heterocycles. The number of aryl methyl sites for hydroxylation is 1. The van der Waals surface area contributed by atoms with Gasteiger partial charge in [-0.25, -0.2) is 4.98 Å². The van der Waals surface area contributed by atoms with Crippen molar-refractivity contribution in [1.29, 1.82) is 0 Å². The molecule has 0 atom stereocenters. The molecule has 50 heavy (non-hydrogen) atoms. The second kappa shape index (κ2) is 16.9. The number of ketones is 1. The van der Waals surface area contributed by atoms with Crippen molar-refractivity contribution in [3.63, 3.8) is 0 Å². The summed E-state index contributed by atoms with van der Waals surface area (Å²) in [6, 6.07) is 21.5. The SMILES string of the molecule is CC(C)Cc1ccc2c(c1)CCc1c(-c3[c-]c4ccccc4c(C(C)(C)C)c3)ncnc1-2.CCC(C)(CC)C(=O)/C=C(\O)C(C)(CC)CC.[Ir]. The first-order valence-electron chi connectivity index (χ1n) is 18.5. The van der Waals surface area contributed by atoms with E-state index in [1.54, 1.807) is 6.33 Å². The molecule has 1 heterocycles. The van der Waals surface area contributed by atoms with E-state index in [-0.39, 0.29) is 47.9 Å². The van der Waals surface area contributed by atoms with Crippen LogP contribution in [0.2, 0.25) is 0 Å². The Balaban J connectivity index is 0.000000323. The van der Waals surface area contributed by atoms with Gasteiger partial charge in [0.1, 0.15) is 12.1 Å². The second-order valence-electron chi connectivity index (χ2n) is 16.0. The van der Waals surface area contributed by atoms with Gasteiger partial charge in [0.15, 0.2) is 5.78 Å². The standard InChI is InChI=1S/C30H31N2.C15H28O2.Ir/c1-19(2)14-20-10-12-25-22(15-20)11-13-26-28(31-18-32-29(25)26)23-16-21-8-6-7-9-24(21)27(17-23)30(3,4)5;1-7-14(5,8-2)12(16)11-13(17)15(6,9-3)10-4;/h6-10,12,15,17-19H,11,13-14H2,1-5H3;11,16H,7-10H2,1-6H3;/q-1;;/b;12-11-;. The Hall–Kier alpha value is -3.14. The van der Waals surface area contributed by atoms with Crippen LogP contribution in [0.5, 0.6) is 0 Å². The van der Waals surface area contributed by atoms with Crippen LogP contribution in [0.3, 0.4) is 0 Å². The summed E-state index contributed by atoms with van der Waals surface area (Å²) >= 11 is 0. The zero-order chi connectivity index (χ0) is 36.1. The van der Waals surface area contributed by atoms with Crippen molar-refractivity contribution < 1.29 is 30.0 Å². The fraction of sp³-hybridized carbons (Fsp3) is 0.489. The molecule has 1 aliphatic carbocycles. The van der Waals surface area contributed by atoms with Gasteiger partial charge in [0, 0.05) is 48.3 Å². The van der Waals surface area contributed by atoms with Gasteiger partial charge >= 0.3 is 0 Å². The Morgan fingerprint density at radius 1 is 0.860 bits per heavy atom. The van der Waals surface area contributed by atoms with Gasteiger partial charge in [-0.2, -0.15) is 0 Å². The summed E-state index contributed by atoms with van der Waals surface area (Å²) in [7, 11) is 0. The van der Waals surface area contributed by atoms with Crippen molar-refractivity contribution in [2.75, 3.05) is 0 Å². The first-order valence-corrected chi connectivity index (χ1v) is 18.5. The number of benzene rings is 3. The molecular weight excluding hydrogens is 793 g/mol. The first kappa shape index (κ1) is 41.3. The summed E-state index contributed by atoms with van der Waals surface area (Å²) in [6.45, 7) is 23.5. The third kappa shape index (κ3) is 9.01. The number of aliphatic hydroxyl groups excluding tert-OH is 1. The Morgan fingerprint density at radius 3 is 2.08 bits per heavy atom. The van der Waals surface area contributed by atoms with E-state index in [0.717, 1.165) is 67.3 Å². The number of carbonyl (C=O) groups is 1. The van der Waals surface area contributed by atoms with E-state index in [4.69, 9.17) is 9.97 Å². The molecule has 0 bridgehead atoms. The maximum Gasteiger partial charge on any atom is 0.164 e. The van der Waals surface area contributed by atoms with E-state index >= 15 is 0 Å². The summed E-state index contributed by atoms with van der Waals surface area (Å²) in [6.07, 6.45) is 9.61. The largest absolute Gasteiger partial charge is 0.512 e. The molecule has 271 valence electrons. The van der Waals surface area contributed by atoms with Crippen molar-refractivity contribution >= 4 is 16.6 Å². The van der Waals surface area contributed by atoms with Crippen LogP contribution >= 0.6 is 0 Å². The van der Waals surface area contributed by atoms with Gasteiger partial charge in [-0.05, 0) is 73.0 Å². The normalized spacial score (nSPS) is 13.2. The number of aliphatic hydroxyl groups is 1. The van der Waals surface area contributed by atoms with Crippen LogP contribution in [0.1, 0.15) is 124 Å². The molecule has 4 aromatic rings. The fourth-order valence-electron chi connectivity index (χ4n) is 6.72. The summed E-state index contributed by atoms with van der Waals surface area (Å²) < 4.78 is 0. The Bertz CT molecular complexity index is 1810. The van der Waals surface area contributed by atoms with Crippen LogP contribution in [-0.4, -0.2) is 20.9 Å². The number of fused-ring (bicyclic) bond motifs is 4. The zero-order valence-corrected chi connectivity index (χ0v) is 34.8. The van der Waals surface area contributed by atoms with Crippen LogP contribution in [0.25, 0.3) is 33.3 Å². The summed E-state index contributed by atoms with van der Waals surface area (Å²) in [5, 5.41) is 12.6. The monoisotopic (exact) mass is 852 g/mol. The molecule has 1 N–H and O–H groups in total. The summed E-state index contributed by atoms with van der Waals surface area (Å²) in [5.74, 6) is 0.951. The van der Waals surface area contributed by atoms with Crippen molar-refractivity contribution in [3.8, 4) is 22.5 Å². The quantitative estimate of drug-likeness (QED) is 0.0981. The van der Waals surface area contributed by atoms with Crippen molar-refractivity contribution in [1.82, 2.24) is 9.97 Å². The third-order valence-electron chi connectivity index (χ3n) is 11.1. The molecule has 0 unspecified atom stereocenters. The minimum atomic E-state index is -0.337. The molecule has 0 spiro atoms. The van der Waals surface area contributed by atoms with Crippen molar-refractivity contribution in [3.05, 3.63) is 95.0 Å². The molecule has 1 aromatic heterocycles. The molecule has 4 nitrogen and oxygen atoms in total. The molecule has 3 aromatic carbocycles. The second-order valence-corrected chi connectivity index (χ2v) is 16.0. The van der Waals surface area contributed by atoms with Gasteiger partial charge in [-0.1, -0.05) is 124 Å². The number of rotatable bonds is 10. The summed E-state index contributed by atoms with van der Waals surface area (Å²) in [4.78, 5) is 21.7. The molecule has 5 heteroatoms. The van der Waals surface area contributed by atoms with Crippen LogP contribution in [-0.2, 0) is 49.6 Å². The molecular formula is C45H59IrN2O2-. The fourth-order valence-corrected chi connectivity index (χ4v) is 6.72. The Labute approximate surface area is 316 Å². The van der Waals surface area contributed by atoms with E-state index in [2.05, 4.69) is 89.2 Å². The van der Waals surface area contributed by atoms with Crippen LogP contribution in [0.15, 0.2) is 66.7 Å². The molecule has 0 saturated heterocycles. The smallest absolute Gasteiger partial charge is 0.164 e. The van der Waals surface area contributed by atoms with E-state index < -0.39 is 0 Å². The average Bonchev–Trinajstić information content (AvgIpc) is 3.09. The van der Waals surface area contributed by atoms with Gasteiger partial charge < -0.3 is 5.11 Å². The summed E-state index contributed by atoms with van der Waals surface area (Å²) in [5.41, 5.74) is 9.32. The van der Waals surface area contributed by atoms with Crippen LogP contribution in [0.4, 0.5) is 0 Å². The molecule has 1 radical (unpaired) electrons. The predicted octanol–water partition coefficient (Wildman–Crippen LogP) is 12.0. The Morgan fingerprint density at radius 2 is 1.48 bits per heavy atom. The number of carbonyl (C=O) groups excluding carboxylic acids is 1. The van der Waals surface area contributed by atoms with Crippen LogP contribution in [0, 0.1) is 22.8 Å². The molecule has 0 amide bonds. The van der Waals surface area contributed by atoms with E-state index in [0.29, 0.717) is 5.92 Å². The van der Waals surface area contributed by atoms with E-state index in [9.17, 15) is 9.90 Å². The maximum atomic E-state index is 12.2.